The van der Waals surface area contributed by atoms with Gasteiger partial charge in [0, 0.05) is 18.3 Å². The van der Waals surface area contributed by atoms with E-state index in [9.17, 15) is 0 Å². The van der Waals surface area contributed by atoms with E-state index >= 15 is 0 Å². The Hall–Kier alpha value is -1.74. The molecule has 0 bridgehead atoms. The van der Waals surface area contributed by atoms with Crippen LogP contribution in [0.4, 0.5) is 5.69 Å². The molecule has 1 aromatic heterocycles. The summed E-state index contributed by atoms with van der Waals surface area (Å²) in [7, 11) is 0. The maximum absolute atomic E-state index is 6.23. The fourth-order valence-corrected chi connectivity index (χ4v) is 2.66. The van der Waals surface area contributed by atoms with Crippen LogP contribution in [0.1, 0.15) is 37.0 Å². The molecule has 2 aromatic rings. The smallest absolute Gasteiger partial charge is 0.128 e. The molecule has 1 heterocycles. The average molecular weight is 272 g/mol. The molecule has 1 aromatic carbocycles. The highest BCUT2D eigenvalue weighted by molar-refractivity contribution is 5.50. The van der Waals surface area contributed by atoms with Crippen LogP contribution in [0.25, 0.3) is 0 Å². The Labute approximate surface area is 121 Å². The number of hydrogen-bond donors (Lipinski definition) is 1. The molecule has 108 valence electrons. The molecule has 0 fully saturated rings. The van der Waals surface area contributed by atoms with E-state index in [2.05, 4.69) is 43.0 Å². The van der Waals surface area contributed by atoms with Crippen molar-refractivity contribution in [3.63, 3.8) is 0 Å². The van der Waals surface area contributed by atoms with Gasteiger partial charge in [0.25, 0.3) is 0 Å². The summed E-state index contributed by atoms with van der Waals surface area (Å²) in [5.41, 5.74) is 8.66. The van der Waals surface area contributed by atoms with Crippen LogP contribution in [-0.4, -0.2) is 12.6 Å². The van der Waals surface area contributed by atoms with Gasteiger partial charge in [-0.2, -0.15) is 0 Å². The summed E-state index contributed by atoms with van der Waals surface area (Å²) in [5.74, 6) is 1.85. The normalized spacial score (nSPS) is 14.1. The molecule has 0 amide bonds. The van der Waals surface area contributed by atoms with E-state index in [1.165, 1.54) is 11.3 Å². The molecule has 3 heteroatoms. The van der Waals surface area contributed by atoms with Crippen molar-refractivity contribution in [2.75, 3.05) is 11.4 Å². The Kier molecular flexibility index (Phi) is 4.50. The molecule has 0 aliphatic carbocycles. The molecule has 0 radical (unpaired) electrons. The van der Waals surface area contributed by atoms with Gasteiger partial charge in [-0.1, -0.05) is 12.1 Å². The highest BCUT2D eigenvalue weighted by Crippen LogP contribution is 2.30. The van der Waals surface area contributed by atoms with Gasteiger partial charge >= 0.3 is 0 Å². The van der Waals surface area contributed by atoms with Crippen molar-refractivity contribution in [1.82, 2.24) is 0 Å². The van der Waals surface area contributed by atoms with Gasteiger partial charge in [-0.15, -0.1) is 0 Å². The zero-order valence-electron chi connectivity index (χ0n) is 12.8. The Morgan fingerprint density at radius 1 is 1.20 bits per heavy atom. The van der Waals surface area contributed by atoms with Crippen LogP contribution in [0.3, 0.4) is 0 Å². The lowest BCUT2D eigenvalue weighted by Gasteiger charge is -2.34. The van der Waals surface area contributed by atoms with Crippen LogP contribution in [0.2, 0.25) is 0 Å². The van der Waals surface area contributed by atoms with Gasteiger partial charge in [0.15, 0.2) is 0 Å². The number of anilines is 1. The Balaban J connectivity index is 2.40. The van der Waals surface area contributed by atoms with Crippen LogP contribution in [-0.2, 0) is 0 Å². The molecule has 2 atom stereocenters. The minimum Gasteiger partial charge on any atom is -0.464 e. The molecule has 2 unspecified atom stereocenters. The van der Waals surface area contributed by atoms with E-state index in [-0.39, 0.29) is 12.1 Å². The van der Waals surface area contributed by atoms with Crippen molar-refractivity contribution < 1.29 is 4.42 Å². The van der Waals surface area contributed by atoms with Crippen molar-refractivity contribution in [3.05, 3.63) is 53.5 Å². The summed E-state index contributed by atoms with van der Waals surface area (Å²) in [6.07, 6.45) is 0. The largest absolute Gasteiger partial charge is 0.464 e. The summed E-state index contributed by atoms with van der Waals surface area (Å²) in [5, 5.41) is 0. The number of hydrogen-bond acceptors (Lipinski definition) is 3. The van der Waals surface area contributed by atoms with Crippen LogP contribution in [0.15, 0.2) is 40.8 Å². The zero-order chi connectivity index (χ0) is 14.7. The fourth-order valence-electron chi connectivity index (χ4n) is 2.66. The van der Waals surface area contributed by atoms with Crippen LogP contribution in [0.5, 0.6) is 0 Å². The highest BCUT2D eigenvalue weighted by Gasteiger charge is 2.26. The van der Waals surface area contributed by atoms with Gasteiger partial charge < -0.3 is 15.1 Å². The molecule has 3 nitrogen and oxygen atoms in total. The predicted octanol–water partition coefficient (Wildman–Crippen LogP) is 3.81. The van der Waals surface area contributed by atoms with E-state index in [0.29, 0.717) is 0 Å². The number of nitrogens with two attached hydrogens (primary N) is 1. The van der Waals surface area contributed by atoms with Gasteiger partial charge in [-0.25, -0.2) is 0 Å². The molecule has 0 saturated heterocycles. The Bertz CT molecular complexity index is 560. The molecule has 0 aliphatic rings. The van der Waals surface area contributed by atoms with Crippen molar-refractivity contribution >= 4 is 5.69 Å². The van der Waals surface area contributed by atoms with Crippen LogP contribution >= 0.6 is 0 Å². The quantitative estimate of drug-likeness (QED) is 0.900. The fraction of sp³-hybridized carbons (Fsp3) is 0.412. The van der Waals surface area contributed by atoms with E-state index in [0.717, 1.165) is 18.1 Å². The van der Waals surface area contributed by atoms with Crippen molar-refractivity contribution in [1.29, 1.82) is 0 Å². The first-order valence-electron chi connectivity index (χ1n) is 7.18. The lowest BCUT2D eigenvalue weighted by molar-refractivity contribution is 0.403. The third kappa shape index (κ3) is 3.05. The SMILES string of the molecule is CCN(c1cccc(C)c1)C(c1ccc(C)o1)C(C)N. The molecular weight excluding hydrogens is 248 g/mol. The molecular formula is C17H24N2O. The van der Waals surface area contributed by atoms with Crippen molar-refractivity contribution in [2.24, 2.45) is 5.73 Å². The minimum absolute atomic E-state index is 0.0130. The molecule has 0 saturated carbocycles. The first kappa shape index (κ1) is 14.7. The molecule has 2 rings (SSSR count). The summed E-state index contributed by atoms with van der Waals surface area (Å²) < 4.78 is 5.82. The van der Waals surface area contributed by atoms with E-state index in [1.807, 2.05) is 26.0 Å². The van der Waals surface area contributed by atoms with Gasteiger partial charge in [0.2, 0.25) is 0 Å². The van der Waals surface area contributed by atoms with Gasteiger partial charge in [0.05, 0.1) is 0 Å². The minimum atomic E-state index is -0.0130. The van der Waals surface area contributed by atoms with E-state index in [1.54, 1.807) is 0 Å². The maximum atomic E-state index is 6.23. The predicted molar refractivity (Wildman–Crippen MR) is 84.0 cm³/mol. The van der Waals surface area contributed by atoms with Gasteiger partial charge in [-0.05, 0) is 57.5 Å². The summed E-state index contributed by atoms with van der Waals surface area (Å²) in [6, 6.07) is 12.6. The van der Waals surface area contributed by atoms with Gasteiger partial charge in [-0.3, -0.25) is 0 Å². The highest BCUT2D eigenvalue weighted by atomic mass is 16.3. The van der Waals surface area contributed by atoms with Gasteiger partial charge in [0.1, 0.15) is 17.6 Å². The number of likely N-dealkylation sites (N-methyl/N-ethyl adjacent to an activating group) is 1. The number of furan rings is 1. The Morgan fingerprint density at radius 3 is 2.45 bits per heavy atom. The zero-order valence-corrected chi connectivity index (χ0v) is 12.8. The van der Waals surface area contributed by atoms with E-state index in [4.69, 9.17) is 10.2 Å². The average Bonchev–Trinajstić information content (AvgIpc) is 2.81. The number of nitrogens with zero attached hydrogens (tertiary/aromatic N) is 1. The lowest BCUT2D eigenvalue weighted by Crippen LogP contribution is -2.39. The van der Waals surface area contributed by atoms with Crippen molar-refractivity contribution in [3.8, 4) is 0 Å². The second-order valence-corrected chi connectivity index (χ2v) is 5.38. The number of rotatable bonds is 5. The molecule has 0 spiro atoms. The monoisotopic (exact) mass is 272 g/mol. The van der Waals surface area contributed by atoms with Crippen LogP contribution in [0, 0.1) is 13.8 Å². The molecule has 0 aliphatic heterocycles. The second-order valence-electron chi connectivity index (χ2n) is 5.38. The Morgan fingerprint density at radius 2 is 1.95 bits per heavy atom. The number of benzene rings is 1. The topological polar surface area (TPSA) is 42.4 Å². The third-order valence-corrected chi connectivity index (χ3v) is 3.56. The summed E-state index contributed by atoms with van der Waals surface area (Å²) >= 11 is 0. The molecule has 20 heavy (non-hydrogen) atoms. The molecule has 2 N–H and O–H groups in total. The second kappa shape index (κ2) is 6.14. The standard InChI is InChI=1S/C17H24N2O/c1-5-19(15-8-6-7-12(2)11-15)17(14(4)18)16-10-9-13(3)20-16/h6-11,14,17H,5,18H2,1-4H3. The maximum Gasteiger partial charge on any atom is 0.128 e. The first-order chi connectivity index (χ1) is 9.52. The first-order valence-corrected chi connectivity index (χ1v) is 7.18. The van der Waals surface area contributed by atoms with E-state index < -0.39 is 0 Å². The summed E-state index contributed by atoms with van der Waals surface area (Å²) in [6.45, 7) is 9.13. The number of aryl methyl sites for hydroxylation is 2. The van der Waals surface area contributed by atoms with Crippen molar-refractivity contribution in [2.45, 2.75) is 39.8 Å². The van der Waals surface area contributed by atoms with Crippen LogP contribution < -0.4 is 10.6 Å². The lowest BCUT2D eigenvalue weighted by atomic mass is 10.0. The third-order valence-electron chi connectivity index (χ3n) is 3.56. The summed E-state index contributed by atoms with van der Waals surface area (Å²) in [4.78, 5) is 2.30.